The number of benzene rings is 1. The highest BCUT2D eigenvalue weighted by atomic mass is 19.3. The number of alkyl halides is 6. The molecule has 0 saturated carbocycles. The van der Waals surface area contributed by atoms with Crippen LogP contribution >= 0.6 is 0 Å². The molecule has 2 N–H and O–H groups in total. The molecule has 0 aromatic heterocycles. The molecule has 1 heterocycles. The van der Waals surface area contributed by atoms with Gasteiger partial charge in [-0.15, -0.1) is 0 Å². The highest BCUT2D eigenvalue weighted by molar-refractivity contribution is 6.01. The number of amides is 1. The molecule has 1 aromatic carbocycles. The minimum atomic E-state index is -4.81. The van der Waals surface area contributed by atoms with E-state index in [1.165, 1.54) is 25.4 Å². The molecule has 1 unspecified atom stereocenters. The van der Waals surface area contributed by atoms with E-state index in [0.29, 0.717) is 0 Å². The van der Waals surface area contributed by atoms with Crippen molar-refractivity contribution < 1.29 is 35.9 Å². The van der Waals surface area contributed by atoms with E-state index in [1.54, 1.807) is 0 Å². The first kappa shape index (κ1) is 18.9. The number of ether oxygens (including phenoxy) is 1. The Hall–Kier alpha value is -2.43. The molecule has 11 heteroatoms. The molecule has 0 fully saturated rings. The van der Waals surface area contributed by atoms with E-state index in [1.807, 2.05) is 5.32 Å². The highest BCUT2D eigenvalue weighted by Crippen LogP contribution is 2.33. The molecule has 5 nitrogen and oxygen atoms in total. The van der Waals surface area contributed by atoms with Gasteiger partial charge in [0.15, 0.2) is 5.54 Å². The molecular weight excluding hydrogens is 356 g/mol. The number of hydrazine groups is 1. The largest absolute Gasteiger partial charge is 0.461 e. The highest BCUT2D eigenvalue weighted by Gasteiger charge is 2.49. The summed E-state index contributed by atoms with van der Waals surface area (Å²) in [6.45, 7) is 0. The maximum absolute atomic E-state index is 13.3. The van der Waals surface area contributed by atoms with Crippen molar-refractivity contribution in [1.29, 1.82) is 0 Å². The average Bonchev–Trinajstić information content (AvgIpc) is 2.92. The van der Waals surface area contributed by atoms with Crippen LogP contribution in [0, 0.1) is 0 Å². The standard InChI is InChI=1S/C14H13F6N3O2/c1-23-7-6-13(22-23,10(15)16)12(24)21-8-4-2-3-5-9(8)25-14(19,20)11(17)18/h2-7,10-11,22H,1H3,(H,21,24). The van der Waals surface area contributed by atoms with Gasteiger partial charge >= 0.3 is 12.5 Å². The topological polar surface area (TPSA) is 53.6 Å². The Kier molecular flexibility index (Phi) is 5.16. The number of anilines is 1. The first-order valence-electron chi connectivity index (χ1n) is 6.82. The first-order chi connectivity index (χ1) is 11.6. The lowest BCUT2D eigenvalue weighted by Gasteiger charge is -2.28. The summed E-state index contributed by atoms with van der Waals surface area (Å²) in [5, 5.41) is 3.10. The summed E-state index contributed by atoms with van der Waals surface area (Å²) in [4.78, 5) is 12.3. The number of nitrogens with zero attached hydrogens (tertiary/aromatic N) is 1. The molecule has 138 valence electrons. The molecule has 0 radical (unpaired) electrons. The second-order valence-electron chi connectivity index (χ2n) is 5.12. The minimum Gasteiger partial charge on any atom is -0.426 e. The zero-order valence-electron chi connectivity index (χ0n) is 12.7. The van der Waals surface area contributed by atoms with E-state index in [0.717, 1.165) is 23.2 Å². The van der Waals surface area contributed by atoms with Gasteiger partial charge in [0.1, 0.15) is 5.75 Å². The van der Waals surface area contributed by atoms with E-state index >= 15 is 0 Å². The number of halogens is 6. The average molecular weight is 369 g/mol. The van der Waals surface area contributed by atoms with Crippen molar-refractivity contribution in [3.8, 4) is 5.75 Å². The number of hydrogen-bond acceptors (Lipinski definition) is 4. The minimum absolute atomic E-state index is 0.461. The Morgan fingerprint density at radius 2 is 1.92 bits per heavy atom. The molecule has 0 spiro atoms. The Balaban J connectivity index is 2.26. The van der Waals surface area contributed by atoms with Gasteiger partial charge in [-0.05, 0) is 18.2 Å². The van der Waals surface area contributed by atoms with Crippen molar-refractivity contribution in [3.05, 3.63) is 36.5 Å². The maximum Gasteiger partial charge on any atom is 0.461 e. The van der Waals surface area contributed by atoms with Crippen LogP contribution in [0.5, 0.6) is 5.75 Å². The van der Waals surface area contributed by atoms with Crippen LogP contribution in [0.1, 0.15) is 0 Å². The number of carbonyl (C=O) groups excluding carboxylic acids is 1. The van der Waals surface area contributed by atoms with Gasteiger partial charge in [-0.25, -0.2) is 14.2 Å². The molecule has 1 atom stereocenters. The summed E-state index contributed by atoms with van der Waals surface area (Å²) in [6.07, 6.45) is -10.0. The lowest BCUT2D eigenvalue weighted by Crippen LogP contribution is -2.58. The number of para-hydroxylation sites is 2. The van der Waals surface area contributed by atoms with Gasteiger partial charge in [0.2, 0.25) is 0 Å². The number of hydrogen-bond donors (Lipinski definition) is 2. The van der Waals surface area contributed by atoms with Crippen molar-refractivity contribution in [2.45, 2.75) is 24.5 Å². The predicted octanol–water partition coefficient (Wildman–Crippen LogP) is 2.83. The summed E-state index contributed by atoms with van der Waals surface area (Å²) in [7, 11) is 1.37. The van der Waals surface area contributed by atoms with Crippen LogP contribution in [0.2, 0.25) is 0 Å². The van der Waals surface area contributed by atoms with Gasteiger partial charge in [-0.2, -0.15) is 17.6 Å². The monoisotopic (exact) mass is 369 g/mol. The SMILES string of the molecule is CN1C=CC(C(=O)Nc2ccccc2OC(F)(F)C(F)F)(C(F)F)N1. The van der Waals surface area contributed by atoms with Crippen molar-refractivity contribution in [3.63, 3.8) is 0 Å². The van der Waals surface area contributed by atoms with Gasteiger partial charge in [0, 0.05) is 13.2 Å². The molecule has 0 saturated heterocycles. The van der Waals surface area contributed by atoms with Crippen LogP contribution in [-0.4, -0.2) is 42.5 Å². The molecule has 1 amide bonds. The van der Waals surface area contributed by atoms with E-state index in [9.17, 15) is 31.1 Å². The van der Waals surface area contributed by atoms with Crippen molar-refractivity contribution in [2.24, 2.45) is 0 Å². The second kappa shape index (κ2) is 6.82. The lowest BCUT2D eigenvalue weighted by atomic mass is 10.0. The van der Waals surface area contributed by atoms with Crippen LogP contribution in [0.4, 0.5) is 32.0 Å². The summed E-state index contributed by atoms with van der Waals surface area (Å²) in [6, 6.07) is 4.42. The molecule has 2 rings (SSSR count). The Morgan fingerprint density at radius 1 is 1.28 bits per heavy atom. The molecule has 1 aliphatic rings. The van der Waals surface area contributed by atoms with Crippen molar-refractivity contribution in [1.82, 2.24) is 10.4 Å². The van der Waals surface area contributed by atoms with Crippen molar-refractivity contribution in [2.75, 3.05) is 12.4 Å². The summed E-state index contributed by atoms with van der Waals surface area (Å²) >= 11 is 0. The van der Waals surface area contributed by atoms with Crippen LogP contribution in [-0.2, 0) is 4.79 Å². The number of nitrogens with one attached hydrogen (secondary N) is 2. The van der Waals surface area contributed by atoms with Crippen LogP contribution in [0.15, 0.2) is 36.5 Å². The molecule has 0 bridgehead atoms. The summed E-state index contributed by atoms with van der Waals surface area (Å²) in [5.74, 6) is -2.07. The fraction of sp³-hybridized carbons (Fsp3) is 0.357. The third kappa shape index (κ3) is 3.81. The van der Waals surface area contributed by atoms with Crippen LogP contribution in [0.3, 0.4) is 0 Å². The fourth-order valence-electron chi connectivity index (χ4n) is 2.02. The zero-order valence-corrected chi connectivity index (χ0v) is 12.7. The van der Waals surface area contributed by atoms with E-state index in [4.69, 9.17) is 0 Å². The van der Waals surface area contributed by atoms with E-state index in [2.05, 4.69) is 10.2 Å². The quantitative estimate of drug-likeness (QED) is 0.758. The van der Waals surface area contributed by atoms with Crippen LogP contribution < -0.4 is 15.5 Å². The first-order valence-corrected chi connectivity index (χ1v) is 6.82. The van der Waals surface area contributed by atoms with E-state index in [-0.39, 0.29) is 0 Å². The number of rotatable bonds is 6. The molecule has 1 aliphatic heterocycles. The zero-order chi connectivity index (χ0) is 18.8. The van der Waals surface area contributed by atoms with Gasteiger partial charge in [-0.1, -0.05) is 12.1 Å². The Morgan fingerprint density at radius 3 is 2.44 bits per heavy atom. The summed E-state index contributed by atoms with van der Waals surface area (Å²) < 4.78 is 81.3. The van der Waals surface area contributed by atoms with Gasteiger partial charge in [0.25, 0.3) is 12.3 Å². The van der Waals surface area contributed by atoms with Crippen molar-refractivity contribution >= 4 is 11.6 Å². The third-order valence-electron chi connectivity index (χ3n) is 3.28. The molecular formula is C14H13F6N3O2. The Bertz CT molecular complexity index is 670. The third-order valence-corrected chi connectivity index (χ3v) is 3.28. The van der Waals surface area contributed by atoms with Gasteiger partial charge < -0.3 is 15.1 Å². The molecule has 25 heavy (non-hydrogen) atoms. The smallest absolute Gasteiger partial charge is 0.426 e. The fourth-order valence-corrected chi connectivity index (χ4v) is 2.02. The normalized spacial score (nSPS) is 20.4. The maximum atomic E-state index is 13.3. The second-order valence-corrected chi connectivity index (χ2v) is 5.12. The molecule has 0 aliphatic carbocycles. The van der Waals surface area contributed by atoms with Gasteiger partial charge in [-0.3, -0.25) is 4.79 Å². The molecule has 1 aromatic rings. The Labute approximate surface area is 138 Å². The van der Waals surface area contributed by atoms with Crippen LogP contribution in [0.25, 0.3) is 0 Å². The number of carbonyl (C=O) groups is 1. The van der Waals surface area contributed by atoms with Gasteiger partial charge in [0.05, 0.1) is 5.69 Å². The lowest BCUT2D eigenvalue weighted by molar-refractivity contribution is -0.252. The predicted molar refractivity (Wildman–Crippen MR) is 75.4 cm³/mol. The van der Waals surface area contributed by atoms with E-state index < -0.39 is 41.8 Å². The summed E-state index contributed by atoms with van der Waals surface area (Å²) in [5.41, 5.74) is -0.674.